The van der Waals surface area contributed by atoms with Crippen LogP contribution in [-0.4, -0.2) is 19.9 Å². The lowest BCUT2D eigenvalue weighted by molar-refractivity contribution is 0.194. The predicted octanol–water partition coefficient (Wildman–Crippen LogP) is 1.62. The van der Waals surface area contributed by atoms with Gasteiger partial charge in [0.05, 0.1) is 13.3 Å². The van der Waals surface area contributed by atoms with Crippen LogP contribution in [-0.2, 0) is 4.74 Å². The van der Waals surface area contributed by atoms with Gasteiger partial charge >= 0.3 is 0 Å². The van der Waals surface area contributed by atoms with Gasteiger partial charge in [-0.15, -0.1) is 0 Å². The predicted molar refractivity (Wildman–Crippen MR) is 41.5 cm³/mol. The average Bonchev–Trinajstić information content (AvgIpc) is 2.51. The fourth-order valence-corrected chi connectivity index (χ4v) is 0.361. The summed E-state index contributed by atoms with van der Waals surface area (Å²) in [6, 6.07) is 0. The lowest BCUT2D eigenvalue weighted by atomic mass is 10.7. The SMILES string of the molecule is C1COCN1.CC.CC. The largest absolute Gasteiger partial charge is 0.365 e. The molecule has 2 heteroatoms. The first kappa shape index (κ1) is 11.7. The second kappa shape index (κ2) is 15.7. The molecular weight excluding hydrogens is 114 g/mol. The normalized spacial score (nSPS) is 14.7. The summed E-state index contributed by atoms with van der Waals surface area (Å²) >= 11 is 0. The Labute approximate surface area is 58.6 Å². The third kappa shape index (κ3) is 11.5. The van der Waals surface area contributed by atoms with E-state index in [0.717, 1.165) is 19.9 Å². The van der Waals surface area contributed by atoms with Crippen LogP contribution in [0.3, 0.4) is 0 Å². The van der Waals surface area contributed by atoms with Gasteiger partial charge in [0, 0.05) is 6.54 Å². The Morgan fingerprint density at radius 2 is 1.67 bits per heavy atom. The molecule has 0 aromatic heterocycles. The molecule has 1 fully saturated rings. The summed E-state index contributed by atoms with van der Waals surface area (Å²) in [6.07, 6.45) is 0. The Morgan fingerprint density at radius 1 is 1.11 bits per heavy atom. The zero-order valence-corrected chi connectivity index (χ0v) is 7.03. The molecule has 0 amide bonds. The van der Waals surface area contributed by atoms with Gasteiger partial charge in [0.1, 0.15) is 0 Å². The standard InChI is InChI=1S/C3H7NO.2C2H6/c1-2-5-3-4-1;2*1-2/h4H,1-3H2;2*1-2H3. The molecule has 9 heavy (non-hydrogen) atoms. The van der Waals surface area contributed by atoms with E-state index in [1.54, 1.807) is 0 Å². The molecule has 1 aliphatic heterocycles. The van der Waals surface area contributed by atoms with Crippen molar-refractivity contribution in [1.29, 1.82) is 0 Å². The van der Waals surface area contributed by atoms with Gasteiger partial charge in [-0.3, -0.25) is 5.32 Å². The summed E-state index contributed by atoms with van der Waals surface area (Å²) in [4.78, 5) is 0. The van der Waals surface area contributed by atoms with E-state index in [0.29, 0.717) is 0 Å². The molecule has 0 aliphatic carbocycles. The van der Waals surface area contributed by atoms with Gasteiger partial charge in [-0.2, -0.15) is 0 Å². The number of rotatable bonds is 0. The van der Waals surface area contributed by atoms with Crippen LogP contribution < -0.4 is 5.32 Å². The molecule has 1 N–H and O–H groups in total. The first-order valence-corrected chi connectivity index (χ1v) is 3.78. The summed E-state index contributed by atoms with van der Waals surface area (Å²) in [6.45, 7) is 10.7. The number of ether oxygens (including phenoxy) is 1. The molecule has 58 valence electrons. The smallest absolute Gasteiger partial charge is 0.0966 e. The second-order valence-electron chi connectivity index (χ2n) is 1.05. The highest BCUT2D eigenvalue weighted by Gasteiger charge is 1.92. The maximum atomic E-state index is 4.83. The van der Waals surface area contributed by atoms with Crippen molar-refractivity contribution < 1.29 is 4.74 Å². The van der Waals surface area contributed by atoms with Crippen molar-refractivity contribution in [2.24, 2.45) is 0 Å². The van der Waals surface area contributed by atoms with Gasteiger partial charge in [-0.25, -0.2) is 0 Å². The van der Waals surface area contributed by atoms with E-state index in [4.69, 9.17) is 4.74 Å². The second-order valence-corrected chi connectivity index (χ2v) is 1.05. The minimum atomic E-state index is 0.750. The van der Waals surface area contributed by atoms with Crippen molar-refractivity contribution in [3.8, 4) is 0 Å². The zero-order chi connectivity index (χ0) is 7.54. The molecule has 0 radical (unpaired) electrons. The summed E-state index contributed by atoms with van der Waals surface area (Å²) in [5.74, 6) is 0. The molecule has 1 saturated heterocycles. The van der Waals surface area contributed by atoms with E-state index in [1.165, 1.54) is 0 Å². The Hall–Kier alpha value is -0.0800. The quantitative estimate of drug-likeness (QED) is 0.542. The van der Waals surface area contributed by atoms with Crippen molar-refractivity contribution >= 4 is 0 Å². The van der Waals surface area contributed by atoms with Crippen LogP contribution >= 0.6 is 0 Å². The first-order valence-electron chi connectivity index (χ1n) is 3.78. The van der Waals surface area contributed by atoms with Crippen LogP contribution in [0.1, 0.15) is 27.7 Å². The molecule has 0 aromatic carbocycles. The lowest BCUT2D eigenvalue weighted by Gasteiger charge is -1.76. The summed E-state index contributed by atoms with van der Waals surface area (Å²) in [5.41, 5.74) is 0. The van der Waals surface area contributed by atoms with E-state index in [-0.39, 0.29) is 0 Å². The Balaban J connectivity index is 0. The molecule has 2 nitrogen and oxygen atoms in total. The summed E-state index contributed by atoms with van der Waals surface area (Å²) in [5, 5.41) is 3.00. The number of nitrogens with one attached hydrogen (secondary N) is 1. The maximum Gasteiger partial charge on any atom is 0.0966 e. The Bertz CT molecular complexity index is 20.5. The third-order valence-corrected chi connectivity index (χ3v) is 0.627. The van der Waals surface area contributed by atoms with Gasteiger partial charge in [-0.05, 0) is 0 Å². The van der Waals surface area contributed by atoms with E-state index < -0.39 is 0 Å². The number of hydrogen-bond acceptors (Lipinski definition) is 2. The molecule has 1 aliphatic rings. The molecular formula is C7H19NO. The molecule has 0 bridgehead atoms. The molecule has 1 rings (SSSR count). The summed E-state index contributed by atoms with van der Waals surface area (Å²) in [7, 11) is 0. The Morgan fingerprint density at radius 3 is 1.78 bits per heavy atom. The minimum absolute atomic E-state index is 0.750. The van der Waals surface area contributed by atoms with Gasteiger partial charge in [-0.1, -0.05) is 27.7 Å². The van der Waals surface area contributed by atoms with E-state index in [1.807, 2.05) is 27.7 Å². The molecule has 0 spiro atoms. The summed E-state index contributed by atoms with van der Waals surface area (Å²) < 4.78 is 4.83. The highest BCUT2D eigenvalue weighted by Crippen LogP contribution is 1.75. The van der Waals surface area contributed by atoms with Crippen molar-refractivity contribution in [2.45, 2.75) is 27.7 Å². The molecule has 0 unspecified atom stereocenters. The van der Waals surface area contributed by atoms with Crippen LogP contribution in [0, 0.1) is 0 Å². The fourth-order valence-electron chi connectivity index (χ4n) is 0.361. The Kier molecular flexibility index (Phi) is 20.3. The topological polar surface area (TPSA) is 21.3 Å². The highest BCUT2D eigenvalue weighted by molar-refractivity contribution is 4.43. The lowest BCUT2D eigenvalue weighted by Crippen LogP contribution is -2.05. The zero-order valence-electron chi connectivity index (χ0n) is 7.03. The van der Waals surface area contributed by atoms with Crippen LogP contribution in [0.2, 0.25) is 0 Å². The van der Waals surface area contributed by atoms with E-state index in [2.05, 4.69) is 5.32 Å². The minimum Gasteiger partial charge on any atom is -0.365 e. The van der Waals surface area contributed by atoms with Gasteiger partial charge in [0.25, 0.3) is 0 Å². The molecule has 1 heterocycles. The molecule has 0 atom stereocenters. The van der Waals surface area contributed by atoms with E-state index in [9.17, 15) is 0 Å². The fraction of sp³-hybridized carbons (Fsp3) is 1.00. The molecule has 0 aromatic rings. The first-order chi connectivity index (χ1) is 4.50. The van der Waals surface area contributed by atoms with Gasteiger partial charge in [0.15, 0.2) is 0 Å². The van der Waals surface area contributed by atoms with Crippen LogP contribution in [0.15, 0.2) is 0 Å². The molecule has 0 saturated carbocycles. The monoisotopic (exact) mass is 133 g/mol. The average molecular weight is 133 g/mol. The maximum absolute atomic E-state index is 4.83. The van der Waals surface area contributed by atoms with Crippen molar-refractivity contribution in [3.05, 3.63) is 0 Å². The van der Waals surface area contributed by atoms with Crippen molar-refractivity contribution in [3.63, 3.8) is 0 Å². The highest BCUT2D eigenvalue weighted by atomic mass is 16.5. The van der Waals surface area contributed by atoms with Crippen LogP contribution in [0.4, 0.5) is 0 Å². The van der Waals surface area contributed by atoms with Crippen LogP contribution in [0.25, 0.3) is 0 Å². The number of hydrogen-bond donors (Lipinski definition) is 1. The van der Waals surface area contributed by atoms with Crippen LogP contribution in [0.5, 0.6) is 0 Å². The van der Waals surface area contributed by atoms with Crippen molar-refractivity contribution in [1.82, 2.24) is 5.32 Å². The van der Waals surface area contributed by atoms with Gasteiger partial charge < -0.3 is 4.74 Å². The van der Waals surface area contributed by atoms with Gasteiger partial charge in [0.2, 0.25) is 0 Å². The third-order valence-electron chi connectivity index (χ3n) is 0.627. The van der Waals surface area contributed by atoms with E-state index >= 15 is 0 Å². The van der Waals surface area contributed by atoms with Crippen molar-refractivity contribution in [2.75, 3.05) is 19.9 Å².